The zero-order chi connectivity index (χ0) is 35.6. The Morgan fingerprint density at radius 2 is 1.49 bits per heavy atom. The maximum atomic E-state index is 13.0. The van der Waals surface area contributed by atoms with E-state index in [-0.39, 0.29) is 12.8 Å². The number of anilines is 1. The molecular weight excluding hydrogens is 640 g/mol. The number of aromatic amines is 1. The van der Waals surface area contributed by atoms with Crippen molar-refractivity contribution in [1.29, 1.82) is 0 Å². The number of aromatic nitrogens is 1. The molecule has 3 aromatic rings. The molecule has 264 valence electrons. The molecule has 0 bridgehead atoms. The Hall–Kier alpha value is -4.54. The fraction of sp³-hybridized carbons (Fsp3) is 0.471. The van der Waals surface area contributed by atoms with E-state index in [1.165, 1.54) is 28.1 Å². The Balaban J connectivity index is 1.76. The van der Waals surface area contributed by atoms with Crippen LogP contribution in [0.3, 0.4) is 0 Å². The van der Waals surface area contributed by atoms with Crippen molar-refractivity contribution in [1.82, 2.24) is 15.6 Å². The number of aliphatic hydroxyl groups excluding tert-OH is 4. The van der Waals surface area contributed by atoms with Gasteiger partial charge in [-0.15, -0.1) is 0 Å². The van der Waals surface area contributed by atoms with Gasteiger partial charge in [-0.05, 0) is 29.7 Å². The molecule has 2 aromatic carbocycles. The molecule has 2 aliphatic rings. The van der Waals surface area contributed by atoms with Gasteiger partial charge in [0.05, 0.1) is 26.9 Å². The quantitative estimate of drug-likeness (QED) is 0.132. The average Bonchev–Trinajstić information content (AvgIpc) is 3.60. The first-order chi connectivity index (χ1) is 23.4. The zero-order valence-electron chi connectivity index (χ0n) is 27.5. The first kappa shape index (κ1) is 35.8. The Bertz CT molecular complexity index is 1690. The Morgan fingerprint density at radius 3 is 2.14 bits per heavy atom. The first-order valence-corrected chi connectivity index (χ1v) is 15.9. The first-order valence-electron chi connectivity index (χ1n) is 15.9. The Morgan fingerprint density at radius 1 is 0.878 bits per heavy atom. The summed E-state index contributed by atoms with van der Waals surface area (Å²) in [4.78, 5) is 55.6. The highest BCUT2D eigenvalue weighted by atomic mass is 16.6. The molecule has 2 amide bonds. The molecule has 0 spiro atoms. The molecule has 0 radical (unpaired) electrons. The van der Waals surface area contributed by atoms with Crippen LogP contribution in [0.2, 0.25) is 0 Å². The molecule has 1 aromatic heterocycles. The van der Waals surface area contributed by atoms with Crippen LogP contribution in [0.5, 0.6) is 0 Å². The largest absolute Gasteiger partial charge is 0.467 e. The van der Waals surface area contributed by atoms with Crippen LogP contribution in [-0.4, -0.2) is 113 Å². The number of ether oxygens (including phenoxy) is 3. The van der Waals surface area contributed by atoms with Gasteiger partial charge in [0, 0.05) is 48.5 Å². The van der Waals surface area contributed by atoms with Crippen LogP contribution < -0.4 is 15.5 Å². The van der Waals surface area contributed by atoms with Gasteiger partial charge in [-0.3, -0.25) is 9.59 Å². The van der Waals surface area contributed by atoms with Gasteiger partial charge in [-0.1, -0.05) is 36.4 Å². The van der Waals surface area contributed by atoms with Gasteiger partial charge < -0.3 is 55.2 Å². The van der Waals surface area contributed by atoms with Crippen molar-refractivity contribution < 1.29 is 53.8 Å². The minimum Gasteiger partial charge on any atom is -0.467 e. The van der Waals surface area contributed by atoms with Gasteiger partial charge in [0.15, 0.2) is 6.23 Å². The molecule has 15 heteroatoms. The van der Waals surface area contributed by atoms with Gasteiger partial charge in [0.1, 0.15) is 36.5 Å². The number of rotatable bonds is 11. The maximum Gasteiger partial charge on any atom is 0.328 e. The fourth-order valence-corrected chi connectivity index (χ4v) is 7.09. The van der Waals surface area contributed by atoms with Crippen molar-refractivity contribution in [3.05, 3.63) is 65.4 Å². The number of nitrogens with one attached hydrogen (secondary N) is 3. The van der Waals surface area contributed by atoms with E-state index in [2.05, 4.69) is 15.6 Å². The molecule has 2 unspecified atom stereocenters. The molecule has 0 aliphatic carbocycles. The van der Waals surface area contributed by atoms with Gasteiger partial charge >= 0.3 is 11.9 Å². The molecule has 7 N–H and O–H groups in total. The van der Waals surface area contributed by atoms with Crippen molar-refractivity contribution in [2.45, 2.75) is 81.4 Å². The van der Waals surface area contributed by atoms with Crippen molar-refractivity contribution >= 4 is 40.3 Å². The van der Waals surface area contributed by atoms with Crippen LogP contribution >= 0.6 is 0 Å². The lowest BCUT2D eigenvalue weighted by atomic mass is 9.84. The predicted octanol–water partition coefficient (Wildman–Crippen LogP) is -0.0993. The fourth-order valence-electron chi connectivity index (χ4n) is 7.09. The zero-order valence-corrected chi connectivity index (χ0v) is 27.5. The number of hydrogen-bond donors (Lipinski definition) is 7. The highest BCUT2D eigenvalue weighted by Crippen LogP contribution is 2.54. The number of esters is 2. The Kier molecular flexibility index (Phi) is 10.9. The van der Waals surface area contributed by atoms with Crippen LogP contribution in [0, 0.1) is 0 Å². The van der Waals surface area contributed by atoms with Gasteiger partial charge in [-0.25, -0.2) is 9.59 Å². The van der Waals surface area contributed by atoms with Gasteiger partial charge in [0.25, 0.3) is 0 Å². The number of carbonyl (C=O) groups is 4. The van der Waals surface area contributed by atoms with Crippen LogP contribution in [-0.2, 0) is 39.8 Å². The van der Waals surface area contributed by atoms with Crippen LogP contribution in [0.4, 0.5) is 5.69 Å². The summed E-state index contributed by atoms with van der Waals surface area (Å²) in [6.07, 6.45) is -7.58. The van der Waals surface area contributed by atoms with E-state index in [0.717, 1.165) is 0 Å². The highest BCUT2D eigenvalue weighted by molar-refractivity contribution is 5.88. The smallest absolute Gasteiger partial charge is 0.328 e. The minimum absolute atomic E-state index is 0.00276. The summed E-state index contributed by atoms with van der Waals surface area (Å²) in [6, 6.07) is 11.4. The number of nitrogens with zero attached hydrogens (tertiary/aromatic N) is 1. The molecule has 1 saturated heterocycles. The molecule has 15 nitrogen and oxygen atoms in total. The second-order valence-electron chi connectivity index (χ2n) is 12.3. The van der Waals surface area contributed by atoms with E-state index in [4.69, 9.17) is 14.2 Å². The molecule has 3 heterocycles. The average molecular weight is 683 g/mol. The lowest BCUT2D eigenvalue weighted by molar-refractivity contribution is -0.230. The predicted molar refractivity (Wildman–Crippen MR) is 174 cm³/mol. The third-order valence-corrected chi connectivity index (χ3v) is 9.20. The van der Waals surface area contributed by atoms with Gasteiger partial charge in [0.2, 0.25) is 11.8 Å². The molecular formula is C34H42N4O11. The van der Waals surface area contributed by atoms with Gasteiger partial charge in [-0.2, -0.15) is 0 Å². The van der Waals surface area contributed by atoms with E-state index in [0.29, 0.717) is 33.4 Å². The molecule has 1 fully saturated rings. The number of carbonyl (C=O) groups excluding carboxylic acids is 4. The van der Waals surface area contributed by atoms with E-state index >= 15 is 0 Å². The van der Waals surface area contributed by atoms with Crippen molar-refractivity contribution in [2.24, 2.45) is 0 Å². The van der Waals surface area contributed by atoms with Crippen molar-refractivity contribution in [3.63, 3.8) is 0 Å². The van der Waals surface area contributed by atoms with Crippen LogP contribution in [0.1, 0.15) is 49.0 Å². The summed E-state index contributed by atoms with van der Waals surface area (Å²) in [6.45, 7) is 1.90. The number of methoxy groups -OCH3 is 2. The van der Waals surface area contributed by atoms with E-state index in [9.17, 15) is 39.6 Å². The monoisotopic (exact) mass is 682 g/mol. The summed E-state index contributed by atoms with van der Waals surface area (Å²) in [7, 11) is 2.43. The topological polar surface area (TPSA) is 220 Å². The molecule has 2 aliphatic heterocycles. The number of amides is 2. The summed E-state index contributed by atoms with van der Waals surface area (Å²) in [5.41, 5.74) is 3.04. The normalized spacial score (nSPS) is 26.0. The molecule has 9 atom stereocenters. The second-order valence-corrected chi connectivity index (χ2v) is 12.3. The molecule has 49 heavy (non-hydrogen) atoms. The SMILES string of the molecule is COC(=O)[C@H](Cc1c(C2C(C[C@H](NC(C)=O)C(=O)OC)c3ccccc3N2[C@@H]2O[C@H](CO)[C@@H](O)[C@H](O)[C@H]2O)[nH]c2ccccc12)NC(C)=O. The number of aliphatic hydroxyl groups is 4. The summed E-state index contributed by atoms with van der Waals surface area (Å²) >= 11 is 0. The lowest BCUT2D eigenvalue weighted by Gasteiger charge is -2.46. The summed E-state index contributed by atoms with van der Waals surface area (Å²) < 4.78 is 16.2. The molecule has 0 saturated carbocycles. The number of hydrogen-bond acceptors (Lipinski definition) is 12. The summed E-state index contributed by atoms with van der Waals surface area (Å²) in [5, 5.41) is 49.1. The standard InChI is InChI=1S/C34H42N4O11/c1-16(40)35-23(33(45)47-3)13-20-18-9-5-7-11-22(18)37-27(20)28-21(14-24(34(46)48-4)36-17(2)41)19-10-6-8-12-25(19)38(28)32-31(44)30(43)29(42)26(15-39)49-32/h5-12,21,23-24,26,28-32,37,39,42-44H,13-15H2,1-4H3,(H,35,40)(H,36,41)/t21?,23-,24-,26+,28?,29+,30-,31+,32+/m0/s1. The van der Waals surface area contributed by atoms with E-state index in [1.807, 2.05) is 30.3 Å². The van der Waals surface area contributed by atoms with E-state index in [1.54, 1.807) is 23.1 Å². The number of benzene rings is 2. The Labute approximate surface area is 282 Å². The second kappa shape index (κ2) is 14.9. The van der Waals surface area contributed by atoms with E-state index < -0.39 is 85.0 Å². The number of para-hydroxylation sites is 2. The van der Waals surface area contributed by atoms with Crippen LogP contribution in [0.15, 0.2) is 48.5 Å². The highest BCUT2D eigenvalue weighted by Gasteiger charge is 2.53. The molecule has 5 rings (SSSR count). The minimum atomic E-state index is -1.70. The third kappa shape index (κ3) is 6.98. The number of fused-ring (bicyclic) bond motifs is 2. The van der Waals surface area contributed by atoms with Crippen molar-refractivity contribution in [3.8, 4) is 0 Å². The van der Waals surface area contributed by atoms with Crippen LogP contribution in [0.25, 0.3) is 10.9 Å². The lowest BCUT2D eigenvalue weighted by Crippen LogP contribution is -2.63. The maximum absolute atomic E-state index is 13.0. The summed E-state index contributed by atoms with van der Waals surface area (Å²) in [5.74, 6) is -2.93. The van der Waals surface area contributed by atoms with Crippen molar-refractivity contribution in [2.75, 3.05) is 25.7 Å². The third-order valence-electron chi connectivity index (χ3n) is 9.20. The number of H-pyrrole nitrogens is 1.